The number of carboxylic acids is 2. The predicted molar refractivity (Wildman–Crippen MR) is 71.3 cm³/mol. The molecule has 1 saturated heterocycles. The summed E-state index contributed by atoms with van der Waals surface area (Å²) in [5, 5.41) is 18.7. The molecule has 7 heteroatoms. The molecule has 0 unspecified atom stereocenters. The van der Waals surface area contributed by atoms with Crippen molar-refractivity contribution < 1.29 is 29.3 Å². The second-order valence-corrected chi connectivity index (χ2v) is 5.19. The SMILES string of the molecule is CC(C)(C)OC(=O)[C@@H]1CCCN1.O=C(O)C=CC(=O)O. The first-order valence-corrected chi connectivity index (χ1v) is 6.22. The van der Waals surface area contributed by atoms with Crippen LogP contribution in [0.3, 0.4) is 0 Å². The summed E-state index contributed by atoms with van der Waals surface area (Å²) in [5.41, 5.74) is -0.360. The Balaban J connectivity index is 0.000000396. The molecule has 0 saturated carbocycles. The van der Waals surface area contributed by atoms with E-state index in [9.17, 15) is 14.4 Å². The van der Waals surface area contributed by atoms with Gasteiger partial charge in [-0.05, 0) is 40.2 Å². The molecule has 0 aromatic carbocycles. The second kappa shape index (κ2) is 8.31. The van der Waals surface area contributed by atoms with E-state index in [0.717, 1.165) is 19.4 Å². The number of rotatable bonds is 3. The second-order valence-electron chi connectivity index (χ2n) is 5.19. The molecule has 0 spiro atoms. The highest BCUT2D eigenvalue weighted by Gasteiger charge is 2.26. The molecule has 20 heavy (non-hydrogen) atoms. The molecule has 0 aromatic rings. The molecule has 0 amide bonds. The number of carbonyl (C=O) groups excluding carboxylic acids is 1. The van der Waals surface area contributed by atoms with Gasteiger partial charge in [-0.25, -0.2) is 9.59 Å². The Hall–Kier alpha value is -1.89. The molecule has 1 aliphatic heterocycles. The Morgan fingerprint density at radius 1 is 1.15 bits per heavy atom. The fraction of sp³-hybridized carbons (Fsp3) is 0.615. The minimum absolute atomic E-state index is 0.0655. The van der Waals surface area contributed by atoms with Gasteiger partial charge in [-0.15, -0.1) is 0 Å². The Kier molecular flexibility index (Phi) is 7.53. The molecule has 1 atom stereocenters. The fourth-order valence-electron chi connectivity index (χ4n) is 1.40. The van der Waals surface area contributed by atoms with E-state index in [0.29, 0.717) is 12.2 Å². The van der Waals surface area contributed by atoms with Gasteiger partial charge in [0.2, 0.25) is 0 Å². The van der Waals surface area contributed by atoms with Crippen molar-refractivity contribution >= 4 is 17.9 Å². The maximum Gasteiger partial charge on any atom is 0.328 e. The van der Waals surface area contributed by atoms with Crippen molar-refractivity contribution in [3.63, 3.8) is 0 Å². The number of esters is 1. The minimum Gasteiger partial charge on any atom is -0.478 e. The van der Waals surface area contributed by atoms with E-state index in [1.54, 1.807) is 0 Å². The summed E-state index contributed by atoms with van der Waals surface area (Å²) in [6, 6.07) is -0.0655. The lowest BCUT2D eigenvalue weighted by Crippen LogP contribution is -2.37. The number of aliphatic carboxylic acids is 2. The van der Waals surface area contributed by atoms with Gasteiger partial charge in [-0.3, -0.25) is 4.79 Å². The van der Waals surface area contributed by atoms with E-state index >= 15 is 0 Å². The van der Waals surface area contributed by atoms with Crippen molar-refractivity contribution in [1.29, 1.82) is 0 Å². The molecule has 114 valence electrons. The molecule has 0 aromatic heterocycles. The van der Waals surface area contributed by atoms with Crippen LogP contribution in [-0.2, 0) is 19.1 Å². The van der Waals surface area contributed by atoms with E-state index < -0.39 is 11.9 Å². The Bertz CT molecular complexity index is 361. The largest absolute Gasteiger partial charge is 0.478 e. The predicted octanol–water partition coefficient (Wildman–Crippen LogP) is 0.792. The lowest BCUT2D eigenvalue weighted by Gasteiger charge is -2.21. The maximum atomic E-state index is 11.4. The van der Waals surface area contributed by atoms with Gasteiger partial charge in [0.05, 0.1) is 0 Å². The van der Waals surface area contributed by atoms with E-state index in [1.165, 1.54) is 0 Å². The van der Waals surface area contributed by atoms with Crippen LogP contribution in [0.1, 0.15) is 33.6 Å². The number of hydrogen-bond donors (Lipinski definition) is 3. The van der Waals surface area contributed by atoms with Crippen LogP contribution in [0.2, 0.25) is 0 Å². The van der Waals surface area contributed by atoms with Crippen LogP contribution >= 0.6 is 0 Å². The standard InChI is InChI=1S/C9H17NO2.C4H4O4/c1-9(2,3)12-8(11)7-5-4-6-10-7;5-3(6)1-2-4(7)8/h7,10H,4-6H2,1-3H3;1-2H,(H,5,6)(H,7,8)/t7-;/m0./s1. The van der Waals surface area contributed by atoms with Gasteiger partial charge in [-0.1, -0.05) is 0 Å². The van der Waals surface area contributed by atoms with E-state index in [4.69, 9.17) is 14.9 Å². The van der Waals surface area contributed by atoms with Crippen molar-refractivity contribution in [1.82, 2.24) is 5.32 Å². The summed E-state index contributed by atoms with van der Waals surface area (Å²) < 4.78 is 5.22. The molecule has 0 radical (unpaired) electrons. The molecule has 0 bridgehead atoms. The average Bonchev–Trinajstić information content (AvgIpc) is 2.78. The summed E-state index contributed by atoms with van der Waals surface area (Å²) in [7, 11) is 0. The molecule has 3 N–H and O–H groups in total. The lowest BCUT2D eigenvalue weighted by molar-refractivity contribution is -0.157. The van der Waals surface area contributed by atoms with Crippen LogP contribution < -0.4 is 5.32 Å². The number of hydrogen-bond acceptors (Lipinski definition) is 5. The third kappa shape index (κ3) is 10.1. The highest BCUT2D eigenvalue weighted by atomic mass is 16.6. The van der Waals surface area contributed by atoms with Crippen molar-refractivity contribution in [3.05, 3.63) is 12.2 Å². The average molecular weight is 287 g/mol. The Labute approximate surface area is 117 Å². The van der Waals surface area contributed by atoms with Crippen LogP contribution in [0.4, 0.5) is 0 Å². The number of carbonyl (C=O) groups is 3. The van der Waals surface area contributed by atoms with Crippen LogP contribution in [0.15, 0.2) is 12.2 Å². The molecule has 1 rings (SSSR count). The number of ether oxygens (including phenoxy) is 1. The van der Waals surface area contributed by atoms with Gasteiger partial charge in [0.1, 0.15) is 11.6 Å². The molecule has 1 fully saturated rings. The Morgan fingerprint density at radius 3 is 1.95 bits per heavy atom. The third-order valence-corrected chi connectivity index (χ3v) is 2.12. The van der Waals surface area contributed by atoms with E-state index in [1.807, 2.05) is 20.8 Å². The molecular formula is C13H21NO6. The molecular weight excluding hydrogens is 266 g/mol. The summed E-state index contributed by atoms with van der Waals surface area (Å²) in [6.45, 7) is 6.60. The quantitative estimate of drug-likeness (QED) is 0.519. The highest BCUT2D eigenvalue weighted by molar-refractivity contribution is 5.89. The number of carboxylic acid groups (broad SMARTS) is 2. The van der Waals surface area contributed by atoms with Crippen LogP contribution in [0, 0.1) is 0 Å². The lowest BCUT2D eigenvalue weighted by atomic mass is 10.2. The normalized spacial score (nSPS) is 18.2. The van der Waals surface area contributed by atoms with Crippen LogP contribution in [-0.4, -0.2) is 46.3 Å². The van der Waals surface area contributed by atoms with Crippen molar-refractivity contribution in [3.8, 4) is 0 Å². The van der Waals surface area contributed by atoms with Crippen molar-refractivity contribution in [2.45, 2.75) is 45.3 Å². The van der Waals surface area contributed by atoms with Crippen molar-refractivity contribution in [2.24, 2.45) is 0 Å². The monoisotopic (exact) mass is 287 g/mol. The fourth-order valence-corrected chi connectivity index (χ4v) is 1.40. The zero-order chi connectivity index (χ0) is 15.8. The minimum atomic E-state index is -1.26. The van der Waals surface area contributed by atoms with E-state index in [2.05, 4.69) is 5.32 Å². The summed E-state index contributed by atoms with van der Waals surface area (Å²) in [6.07, 6.45) is 3.10. The summed E-state index contributed by atoms with van der Waals surface area (Å²) in [4.78, 5) is 30.5. The third-order valence-electron chi connectivity index (χ3n) is 2.12. The van der Waals surface area contributed by atoms with Gasteiger partial charge >= 0.3 is 17.9 Å². The summed E-state index contributed by atoms with van der Waals surface area (Å²) >= 11 is 0. The molecule has 0 aliphatic carbocycles. The zero-order valence-corrected chi connectivity index (χ0v) is 11.9. The van der Waals surface area contributed by atoms with E-state index in [-0.39, 0.29) is 17.6 Å². The maximum absolute atomic E-state index is 11.4. The van der Waals surface area contributed by atoms with Gasteiger partial charge in [-0.2, -0.15) is 0 Å². The first-order valence-electron chi connectivity index (χ1n) is 6.22. The van der Waals surface area contributed by atoms with Gasteiger partial charge in [0.25, 0.3) is 0 Å². The van der Waals surface area contributed by atoms with Gasteiger partial charge in [0.15, 0.2) is 0 Å². The molecule has 1 heterocycles. The topological polar surface area (TPSA) is 113 Å². The summed E-state index contributed by atoms with van der Waals surface area (Å²) in [5.74, 6) is -2.63. The molecule has 1 aliphatic rings. The zero-order valence-electron chi connectivity index (χ0n) is 11.9. The van der Waals surface area contributed by atoms with Crippen LogP contribution in [0.5, 0.6) is 0 Å². The van der Waals surface area contributed by atoms with Crippen molar-refractivity contribution in [2.75, 3.05) is 6.54 Å². The smallest absolute Gasteiger partial charge is 0.328 e. The first-order chi connectivity index (χ1) is 9.11. The van der Waals surface area contributed by atoms with Crippen LogP contribution in [0.25, 0.3) is 0 Å². The highest BCUT2D eigenvalue weighted by Crippen LogP contribution is 2.12. The molecule has 7 nitrogen and oxygen atoms in total. The number of nitrogens with one attached hydrogen (secondary N) is 1. The van der Waals surface area contributed by atoms with Gasteiger partial charge < -0.3 is 20.3 Å². The van der Waals surface area contributed by atoms with Gasteiger partial charge in [0, 0.05) is 12.2 Å². The first kappa shape index (κ1) is 18.1. The Morgan fingerprint density at radius 2 is 1.65 bits per heavy atom.